The van der Waals surface area contributed by atoms with Gasteiger partial charge in [-0.05, 0) is 55.0 Å². The molecule has 1 heterocycles. The van der Waals surface area contributed by atoms with Crippen molar-refractivity contribution in [2.24, 2.45) is 0 Å². The highest BCUT2D eigenvalue weighted by molar-refractivity contribution is 5.81. The van der Waals surface area contributed by atoms with Crippen molar-refractivity contribution in [1.82, 2.24) is 10.2 Å². The number of hydrogen-bond acceptors (Lipinski definition) is 2. The van der Waals surface area contributed by atoms with Crippen molar-refractivity contribution in [2.45, 2.75) is 31.7 Å². The Morgan fingerprint density at radius 3 is 2.86 bits per heavy atom. The first-order valence-corrected chi connectivity index (χ1v) is 7.55. The molecule has 0 spiro atoms. The van der Waals surface area contributed by atoms with Gasteiger partial charge < -0.3 is 5.32 Å². The second-order valence-electron chi connectivity index (χ2n) is 6.04. The van der Waals surface area contributed by atoms with Crippen molar-refractivity contribution >= 4 is 16.6 Å². The van der Waals surface area contributed by atoms with Crippen molar-refractivity contribution in [3.05, 3.63) is 59.8 Å². The molecule has 1 aromatic heterocycles. The van der Waals surface area contributed by atoms with Crippen LogP contribution in [-0.2, 0) is 0 Å². The lowest BCUT2D eigenvalue weighted by Gasteiger charge is -2.37. The van der Waals surface area contributed by atoms with Crippen LogP contribution in [-0.4, -0.2) is 16.2 Å². The summed E-state index contributed by atoms with van der Waals surface area (Å²) in [4.78, 5) is 0. The third kappa shape index (κ3) is 2.29. The van der Waals surface area contributed by atoms with Gasteiger partial charge in [0.1, 0.15) is 0 Å². The van der Waals surface area contributed by atoms with Gasteiger partial charge >= 0.3 is 0 Å². The molecule has 0 saturated heterocycles. The summed E-state index contributed by atoms with van der Waals surface area (Å²) in [5.74, 6) is 0.708. The summed E-state index contributed by atoms with van der Waals surface area (Å²) in [6.07, 6.45) is 4.29. The van der Waals surface area contributed by atoms with Crippen molar-refractivity contribution in [2.75, 3.05) is 5.32 Å². The monoisotopic (exact) mass is 277 g/mol. The van der Waals surface area contributed by atoms with E-state index < -0.39 is 0 Å². The molecule has 2 N–H and O–H groups in total. The van der Waals surface area contributed by atoms with Crippen LogP contribution in [0.1, 0.15) is 29.9 Å². The second-order valence-corrected chi connectivity index (χ2v) is 6.04. The van der Waals surface area contributed by atoms with Crippen LogP contribution >= 0.6 is 0 Å². The number of hydrogen-bond donors (Lipinski definition) is 2. The van der Waals surface area contributed by atoms with Gasteiger partial charge in [-0.3, -0.25) is 5.10 Å². The molecule has 3 nitrogen and oxygen atoms in total. The lowest BCUT2D eigenvalue weighted by Crippen LogP contribution is -2.34. The Morgan fingerprint density at radius 2 is 2.00 bits per heavy atom. The number of fused-ring (bicyclic) bond motifs is 1. The molecule has 0 bridgehead atoms. The quantitative estimate of drug-likeness (QED) is 0.752. The molecule has 0 unspecified atom stereocenters. The normalized spacial score (nSPS) is 21.2. The summed E-state index contributed by atoms with van der Waals surface area (Å²) >= 11 is 0. The molecule has 4 rings (SSSR count). The molecule has 0 amide bonds. The maximum absolute atomic E-state index is 4.06. The van der Waals surface area contributed by atoms with Gasteiger partial charge in [-0.1, -0.05) is 24.3 Å². The second kappa shape index (κ2) is 4.92. The van der Waals surface area contributed by atoms with Crippen molar-refractivity contribution in [3.8, 4) is 0 Å². The van der Waals surface area contributed by atoms with E-state index in [0.717, 1.165) is 10.9 Å². The lowest BCUT2D eigenvalue weighted by atomic mass is 9.74. The Kier molecular flexibility index (Phi) is 2.92. The smallest absolute Gasteiger partial charge is 0.0670 e. The minimum atomic E-state index is 0.579. The third-order valence-corrected chi connectivity index (χ3v) is 4.58. The summed E-state index contributed by atoms with van der Waals surface area (Å²) in [6, 6.07) is 15.7. The molecule has 21 heavy (non-hydrogen) atoms. The van der Waals surface area contributed by atoms with E-state index >= 15 is 0 Å². The average molecular weight is 277 g/mol. The fraction of sp³-hybridized carbons (Fsp3) is 0.278. The van der Waals surface area contributed by atoms with Crippen LogP contribution in [0.4, 0.5) is 5.69 Å². The average Bonchev–Trinajstić information content (AvgIpc) is 2.91. The van der Waals surface area contributed by atoms with Gasteiger partial charge in [0.05, 0.1) is 11.7 Å². The summed E-state index contributed by atoms with van der Waals surface area (Å²) in [5, 5.41) is 11.9. The maximum Gasteiger partial charge on any atom is 0.0670 e. The highest BCUT2D eigenvalue weighted by Crippen LogP contribution is 2.39. The SMILES string of the molecule is Cc1ccccc1C1CC(Nc2ccc3cn[nH]c3c2)C1. The molecule has 2 aromatic carbocycles. The standard InChI is InChI=1S/C18H19N3/c1-12-4-2-3-5-17(12)14-8-16(9-14)20-15-7-6-13-11-19-21-18(13)10-15/h2-7,10-11,14,16,20H,8-9H2,1H3,(H,19,21). The van der Waals surface area contributed by atoms with Crippen molar-refractivity contribution < 1.29 is 0 Å². The zero-order chi connectivity index (χ0) is 14.2. The molecule has 3 aromatic rings. The topological polar surface area (TPSA) is 40.7 Å². The highest BCUT2D eigenvalue weighted by Gasteiger charge is 2.30. The van der Waals surface area contributed by atoms with E-state index in [1.165, 1.54) is 29.7 Å². The summed E-state index contributed by atoms with van der Waals surface area (Å²) in [6.45, 7) is 2.21. The fourth-order valence-corrected chi connectivity index (χ4v) is 3.30. The predicted octanol–water partition coefficient (Wildman–Crippen LogP) is 4.23. The van der Waals surface area contributed by atoms with Gasteiger partial charge in [0, 0.05) is 17.1 Å². The number of nitrogens with zero attached hydrogens (tertiary/aromatic N) is 1. The molecule has 0 atom stereocenters. The Morgan fingerprint density at radius 1 is 1.14 bits per heavy atom. The predicted molar refractivity (Wildman–Crippen MR) is 86.7 cm³/mol. The lowest BCUT2D eigenvalue weighted by molar-refractivity contribution is 0.373. The molecule has 106 valence electrons. The first-order chi connectivity index (χ1) is 10.3. The van der Waals surface area contributed by atoms with Crippen LogP contribution in [0.15, 0.2) is 48.7 Å². The van der Waals surface area contributed by atoms with E-state index in [4.69, 9.17) is 0 Å². The zero-order valence-corrected chi connectivity index (χ0v) is 12.1. The Bertz CT molecular complexity index is 769. The van der Waals surface area contributed by atoms with Gasteiger partial charge in [-0.2, -0.15) is 5.10 Å². The first-order valence-electron chi connectivity index (χ1n) is 7.55. The van der Waals surface area contributed by atoms with Crippen LogP contribution < -0.4 is 5.32 Å². The fourth-order valence-electron chi connectivity index (χ4n) is 3.30. The minimum Gasteiger partial charge on any atom is -0.382 e. The molecule has 1 aliphatic carbocycles. The van der Waals surface area contributed by atoms with Gasteiger partial charge in [0.2, 0.25) is 0 Å². The molecule has 0 radical (unpaired) electrons. The Labute approximate surface area is 124 Å². The van der Waals surface area contributed by atoms with Crippen LogP contribution in [0.5, 0.6) is 0 Å². The van der Waals surface area contributed by atoms with Gasteiger partial charge in [0.15, 0.2) is 0 Å². The molecular formula is C18H19N3. The number of rotatable bonds is 3. The van der Waals surface area contributed by atoms with Crippen LogP contribution in [0.3, 0.4) is 0 Å². The summed E-state index contributed by atoms with van der Waals surface area (Å²) < 4.78 is 0. The number of aromatic amines is 1. The Hall–Kier alpha value is -2.29. The highest BCUT2D eigenvalue weighted by atomic mass is 15.1. The van der Waals surface area contributed by atoms with E-state index in [2.05, 4.69) is 64.9 Å². The summed E-state index contributed by atoms with van der Waals surface area (Å²) in [5.41, 5.74) is 5.20. The molecule has 1 aliphatic rings. The van der Waals surface area contributed by atoms with E-state index in [9.17, 15) is 0 Å². The van der Waals surface area contributed by atoms with Gasteiger partial charge in [-0.25, -0.2) is 0 Å². The third-order valence-electron chi connectivity index (χ3n) is 4.58. The molecule has 1 fully saturated rings. The number of anilines is 1. The van der Waals surface area contributed by atoms with Crippen molar-refractivity contribution in [3.63, 3.8) is 0 Å². The van der Waals surface area contributed by atoms with E-state index in [-0.39, 0.29) is 0 Å². The van der Waals surface area contributed by atoms with Gasteiger partial charge in [-0.15, -0.1) is 0 Å². The first kappa shape index (κ1) is 12.5. The minimum absolute atomic E-state index is 0.579. The molecule has 0 aliphatic heterocycles. The Balaban J connectivity index is 1.43. The zero-order valence-electron chi connectivity index (χ0n) is 12.1. The van der Waals surface area contributed by atoms with Crippen LogP contribution in [0, 0.1) is 6.92 Å². The largest absolute Gasteiger partial charge is 0.382 e. The van der Waals surface area contributed by atoms with E-state index in [1.54, 1.807) is 0 Å². The molecular weight excluding hydrogens is 258 g/mol. The van der Waals surface area contributed by atoms with E-state index in [0.29, 0.717) is 12.0 Å². The van der Waals surface area contributed by atoms with Crippen LogP contribution in [0.2, 0.25) is 0 Å². The van der Waals surface area contributed by atoms with Gasteiger partial charge in [0.25, 0.3) is 0 Å². The van der Waals surface area contributed by atoms with E-state index in [1.807, 2.05) is 6.20 Å². The summed E-state index contributed by atoms with van der Waals surface area (Å²) in [7, 11) is 0. The number of nitrogens with one attached hydrogen (secondary N) is 2. The number of H-pyrrole nitrogens is 1. The number of aromatic nitrogens is 2. The molecule has 3 heteroatoms. The number of benzene rings is 2. The molecule has 1 saturated carbocycles. The maximum atomic E-state index is 4.06. The van der Waals surface area contributed by atoms with Crippen LogP contribution in [0.25, 0.3) is 10.9 Å². The number of aryl methyl sites for hydroxylation is 1. The van der Waals surface area contributed by atoms with Crippen molar-refractivity contribution in [1.29, 1.82) is 0 Å².